The molecular formula is C70H49NS. The monoisotopic (exact) mass is 935 g/mol. The second-order valence-electron chi connectivity index (χ2n) is 20.0. The molecule has 0 aliphatic heterocycles. The molecule has 0 fully saturated rings. The van der Waals surface area contributed by atoms with Gasteiger partial charge in [0.1, 0.15) is 0 Å². The van der Waals surface area contributed by atoms with Crippen LogP contribution < -0.4 is 4.90 Å². The standard InChI is InChI=1S/C70H49NS/c1-69(2)60-33-17-16-32-57(60)67-59(47-23-9-4-10-24-47)43-54(45-63(67)69)71(53-38-40-56-55-31-15-18-34-61(55)70(62(56)44-53,51-27-11-5-12-28-51)52-29-13-6-14-30-52)64-35-20-36-65-68(64)58-39-37-50(42-66(58)72-65)49-26-19-25-48(41-49)46-21-7-3-8-22-46/h3-45H,1-2H3. The lowest BCUT2D eigenvalue weighted by Gasteiger charge is -2.35. The molecule has 340 valence electrons. The van der Waals surface area contributed by atoms with Crippen LogP contribution in [-0.4, -0.2) is 0 Å². The van der Waals surface area contributed by atoms with E-state index in [-0.39, 0.29) is 5.41 Å². The fourth-order valence-corrected chi connectivity index (χ4v) is 13.6. The Labute approximate surface area is 425 Å². The van der Waals surface area contributed by atoms with Gasteiger partial charge in [0.05, 0.1) is 11.1 Å². The van der Waals surface area contributed by atoms with E-state index in [0.29, 0.717) is 0 Å². The van der Waals surface area contributed by atoms with Crippen molar-refractivity contribution >= 4 is 48.6 Å². The summed E-state index contributed by atoms with van der Waals surface area (Å²) in [5.41, 5.74) is 22.9. The van der Waals surface area contributed by atoms with Crippen LogP contribution in [0.1, 0.15) is 47.2 Å². The van der Waals surface area contributed by atoms with Gasteiger partial charge in [0, 0.05) is 37.0 Å². The van der Waals surface area contributed by atoms with E-state index < -0.39 is 5.41 Å². The first-order valence-electron chi connectivity index (χ1n) is 25.1. The Balaban J connectivity index is 1.04. The van der Waals surface area contributed by atoms with Crippen molar-refractivity contribution in [3.8, 4) is 55.6 Å². The summed E-state index contributed by atoms with van der Waals surface area (Å²) in [4.78, 5) is 2.58. The number of benzene rings is 11. The van der Waals surface area contributed by atoms with E-state index >= 15 is 0 Å². The summed E-state index contributed by atoms with van der Waals surface area (Å²) in [6, 6.07) is 97.4. The predicted molar refractivity (Wildman–Crippen MR) is 305 cm³/mol. The third-order valence-electron chi connectivity index (χ3n) is 15.7. The van der Waals surface area contributed by atoms with Crippen LogP contribution >= 0.6 is 11.3 Å². The van der Waals surface area contributed by atoms with Crippen LogP contribution in [0.3, 0.4) is 0 Å². The van der Waals surface area contributed by atoms with Crippen molar-refractivity contribution in [2.45, 2.75) is 24.7 Å². The molecule has 2 aliphatic rings. The summed E-state index contributed by atoms with van der Waals surface area (Å²) >= 11 is 1.88. The highest BCUT2D eigenvalue weighted by molar-refractivity contribution is 7.26. The maximum atomic E-state index is 2.58. The van der Waals surface area contributed by atoms with Crippen LogP contribution in [0.15, 0.2) is 261 Å². The van der Waals surface area contributed by atoms with Crippen LogP contribution in [-0.2, 0) is 10.8 Å². The van der Waals surface area contributed by atoms with E-state index in [9.17, 15) is 0 Å². The summed E-state index contributed by atoms with van der Waals surface area (Å²) in [5, 5.41) is 2.51. The highest BCUT2D eigenvalue weighted by Crippen LogP contribution is 2.59. The van der Waals surface area contributed by atoms with Gasteiger partial charge in [-0.3, -0.25) is 0 Å². The fraction of sp³-hybridized carbons (Fsp3) is 0.0571. The molecule has 11 aromatic carbocycles. The molecule has 0 unspecified atom stereocenters. The number of thiophene rings is 1. The van der Waals surface area contributed by atoms with Crippen molar-refractivity contribution in [1.82, 2.24) is 0 Å². The van der Waals surface area contributed by atoms with E-state index in [2.05, 4.69) is 280 Å². The molecular weight excluding hydrogens is 887 g/mol. The molecule has 0 spiro atoms. The smallest absolute Gasteiger partial charge is 0.0714 e. The third-order valence-corrected chi connectivity index (χ3v) is 16.8. The van der Waals surface area contributed by atoms with Crippen molar-refractivity contribution in [3.05, 3.63) is 294 Å². The minimum atomic E-state index is -0.553. The molecule has 2 heteroatoms. The lowest BCUT2D eigenvalue weighted by atomic mass is 9.67. The molecule has 14 rings (SSSR count). The Kier molecular flexibility index (Phi) is 9.71. The molecule has 0 bridgehead atoms. The van der Waals surface area contributed by atoms with Gasteiger partial charge in [-0.25, -0.2) is 0 Å². The van der Waals surface area contributed by atoms with Gasteiger partial charge in [-0.05, 0) is 138 Å². The zero-order valence-corrected chi connectivity index (χ0v) is 41.0. The van der Waals surface area contributed by atoms with E-state index in [1.165, 1.54) is 109 Å². The number of rotatable bonds is 8. The van der Waals surface area contributed by atoms with Gasteiger partial charge in [-0.15, -0.1) is 11.3 Å². The van der Waals surface area contributed by atoms with Crippen LogP contribution in [0.5, 0.6) is 0 Å². The molecule has 1 aromatic heterocycles. The number of nitrogens with zero attached hydrogens (tertiary/aromatic N) is 1. The Bertz CT molecular complexity index is 4020. The second-order valence-corrected chi connectivity index (χ2v) is 21.0. The molecule has 0 radical (unpaired) electrons. The van der Waals surface area contributed by atoms with E-state index in [4.69, 9.17) is 0 Å². The number of hydrogen-bond donors (Lipinski definition) is 0. The Morgan fingerprint density at radius 2 is 0.889 bits per heavy atom. The van der Waals surface area contributed by atoms with Crippen LogP contribution in [0, 0.1) is 0 Å². The van der Waals surface area contributed by atoms with E-state index in [1.807, 2.05) is 11.3 Å². The molecule has 0 N–H and O–H groups in total. The van der Waals surface area contributed by atoms with Crippen molar-refractivity contribution < 1.29 is 0 Å². The largest absolute Gasteiger partial charge is 0.310 e. The minimum Gasteiger partial charge on any atom is -0.310 e. The average Bonchev–Trinajstić information content (AvgIpc) is 4.05. The molecule has 12 aromatic rings. The normalized spacial score (nSPS) is 13.6. The van der Waals surface area contributed by atoms with E-state index in [1.54, 1.807) is 0 Å². The first-order valence-corrected chi connectivity index (χ1v) is 25.9. The van der Waals surface area contributed by atoms with Gasteiger partial charge >= 0.3 is 0 Å². The van der Waals surface area contributed by atoms with Gasteiger partial charge in [-0.2, -0.15) is 0 Å². The first-order chi connectivity index (χ1) is 35.5. The molecule has 0 amide bonds. The van der Waals surface area contributed by atoms with Crippen LogP contribution in [0.4, 0.5) is 17.1 Å². The van der Waals surface area contributed by atoms with Gasteiger partial charge in [-0.1, -0.05) is 226 Å². The van der Waals surface area contributed by atoms with Gasteiger partial charge in [0.15, 0.2) is 0 Å². The van der Waals surface area contributed by atoms with E-state index in [0.717, 1.165) is 17.1 Å². The molecule has 0 atom stereocenters. The van der Waals surface area contributed by atoms with Crippen molar-refractivity contribution in [1.29, 1.82) is 0 Å². The zero-order chi connectivity index (χ0) is 48.0. The average molecular weight is 936 g/mol. The van der Waals surface area contributed by atoms with Gasteiger partial charge in [0.25, 0.3) is 0 Å². The summed E-state index contributed by atoms with van der Waals surface area (Å²) in [6.07, 6.45) is 0. The van der Waals surface area contributed by atoms with Gasteiger partial charge in [0.2, 0.25) is 0 Å². The quantitative estimate of drug-likeness (QED) is 0.147. The predicted octanol–water partition coefficient (Wildman–Crippen LogP) is 19.2. The van der Waals surface area contributed by atoms with Gasteiger partial charge < -0.3 is 4.90 Å². The SMILES string of the molecule is CC1(C)c2ccccc2-c2c(-c3ccccc3)cc(N(c3ccc4c(c3)C(c3ccccc3)(c3ccccc3)c3ccccc3-4)c3cccc4sc5cc(-c6cccc(-c7ccccc7)c6)ccc5c34)cc21. The fourth-order valence-electron chi connectivity index (χ4n) is 12.5. The molecule has 0 saturated heterocycles. The Morgan fingerprint density at radius 3 is 1.61 bits per heavy atom. The van der Waals surface area contributed by atoms with Crippen molar-refractivity contribution in [3.63, 3.8) is 0 Å². The van der Waals surface area contributed by atoms with Crippen molar-refractivity contribution in [2.24, 2.45) is 0 Å². The Morgan fingerprint density at radius 1 is 0.333 bits per heavy atom. The molecule has 0 saturated carbocycles. The second kappa shape index (κ2) is 16.5. The molecule has 1 heterocycles. The maximum absolute atomic E-state index is 2.58. The zero-order valence-electron chi connectivity index (χ0n) is 40.2. The minimum absolute atomic E-state index is 0.234. The topological polar surface area (TPSA) is 3.24 Å². The lowest BCUT2D eigenvalue weighted by molar-refractivity contribution is 0.660. The number of hydrogen-bond acceptors (Lipinski definition) is 2. The van der Waals surface area contributed by atoms with Crippen molar-refractivity contribution in [2.75, 3.05) is 4.90 Å². The first kappa shape index (κ1) is 42.3. The maximum Gasteiger partial charge on any atom is 0.0714 e. The summed E-state index contributed by atoms with van der Waals surface area (Å²) in [7, 11) is 0. The molecule has 2 aliphatic carbocycles. The summed E-state index contributed by atoms with van der Waals surface area (Å²) in [5.74, 6) is 0. The molecule has 72 heavy (non-hydrogen) atoms. The van der Waals surface area contributed by atoms with Crippen LogP contribution in [0.2, 0.25) is 0 Å². The summed E-state index contributed by atoms with van der Waals surface area (Å²) in [6.45, 7) is 4.81. The molecule has 1 nitrogen and oxygen atoms in total. The highest BCUT2D eigenvalue weighted by atomic mass is 32.1. The Hall–Kier alpha value is -8.56. The highest BCUT2D eigenvalue weighted by Gasteiger charge is 2.46. The summed E-state index contributed by atoms with van der Waals surface area (Å²) < 4.78 is 2.53. The number of anilines is 3. The third kappa shape index (κ3) is 6.39. The lowest BCUT2D eigenvalue weighted by Crippen LogP contribution is -2.28. The van der Waals surface area contributed by atoms with Crippen LogP contribution in [0.25, 0.3) is 75.8 Å². The number of fused-ring (bicyclic) bond motifs is 9.